The first-order chi connectivity index (χ1) is 12.0. The van der Waals surface area contributed by atoms with Crippen molar-refractivity contribution in [1.82, 2.24) is 9.78 Å². The Balaban J connectivity index is 2.06. The van der Waals surface area contributed by atoms with Gasteiger partial charge in [-0.3, -0.25) is 4.68 Å². The summed E-state index contributed by atoms with van der Waals surface area (Å²) in [5, 5.41) is 6.77. The van der Waals surface area contributed by atoms with Crippen LogP contribution < -0.4 is 0 Å². The van der Waals surface area contributed by atoms with Gasteiger partial charge in [0.2, 0.25) is 0 Å². The van der Waals surface area contributed by atoms with Crippen molar-refractivity contribution in [1.29, 1.82) is 0 Å². The molecule has 6 heteroatoms. The number of hydrogen-bond acceptors (Lipinski definition) is 3. The highest BCUT2D eigenvalue weighted by molar-refractivity contribution is 6.35. The molecule has 0 unspecified atom stereocenters. The molecule has 4 nitrogen and oxygen atoms in total. The summed E-state index contributed by atoms with van der Waals surface area (Å²) < 4.78 is 6.51. The van der Waals surface area contributed by atoms with Crippen LogP contribution in [0.25, 0.3) is 17.0 Å². The molecule has 0 amide bonds. The van der Waals surface area contributed by atoms with Gasteiger partial charge in [0.1, 0.15) is 0 Å². The van der Waals surface area contributed by atoms with E-state index in [-0.39, 0.29) is 0 Å². The van der Waals surface area contributed by atoms with Crippen LogP contribution in [-0.4, -0.2) is 22.9 Å². The summed E-state index contributed by atoms with van der Waals surface area (Å²) in [6.45, 7) is 2.53. The van der Waals surface area contributed by atoms with Crippen LogP contribution in [-0.2, 0) is 16.1 Å². The first-order valence-electron chi connectivity index (χ1n) is 7.65. The molecule has 0 aliphatic rings. The number of halogens is 2. The molecule has 2 aromatic carbocycles. The van der Waals surface area contributed by atoms with E-state index in [1.54, 1.807) is 18.2 Å². The number of fused-ring (bicyclic) bond motifs is 1. The van der Waals surface area contributed by atoms with Crippen molar-refractivity contribution in [2.75, 3.05) is 7.11 Å². The van der Waals surface area contributed by atoms with Gasteiger partial charge in [-0.15, -0.1) is 0 Å². The Kier molecular flexibility index (Phi) is 5.11. The average Bonchev–Trinajstić information content (AvgIpc) is 2.92. The van der Waals surface area contributed by atoms with Crippen LogP contribution in [0.3, 0.4) is 0 Å². The molecule has 0 spiro atoms. The molecule has 0 radical (unpaired) electrons. The van der Waals surface area contributed by atoms with Gasteiger partial charge in [-0.1, -0.05) is 41.4 Å². The molecule has 3 rings (SSSR count). The number of methoxy groups -OCH3 is 1. The molecule has 0 N–H and O–H groups in total. The molecule has 0 saturated heterocycles. The van der Waals surface area contributed by atoms with Gasteiger partial charge in [0, 0.05) is 21.5 Å². The van der Waals surface area contributed by atoms with E-state index in [0.717, 1.165) is 22.0 Å². The van der Waals surface area contributed by atoms with Crippen LogP contribution in [0.2, 0.25) is 10.0 Å². The molecular weight excluding hydrogens is 359 g/mol. The predicted octanol–water partition coefficient (Wildman–Crippen LogP) is 4.89. The van der Waals surface area contributed by atoms with Crippen LogP contribution in [0.5, 0.6) is 0 Å². The monoisotopic (exact) mass is 374 g/mol. The number of hydrogen-bond donors (Lipinski definition) is 0. The van der Waals surface area contributed by atoms with Gasteiger partial charge in [-0.05, 0) is 42.3 Å². The van der Waals surface area contributed by atoms with Crippen molar-refractivity contribution in [3.05, 3.63) is 69.3 Å². The lowest BCUT2D eigenvalue weighted by molar-refractivity contribution is -0.134. The van der Waals surface area contributed by atoms with Gasteiger partial charge in [0.25, 0.3) is 0 Å². The number of ether oxygens (including phenoxy) is 1. The van der Waals surface area contributed by atoms with Gasteiger partial charge in [-0.25, -0.2) is 4.79 Å². The minimum Gasteiger partial charge on any atom is -0.466 e. The average molecular weight is 375 g/mol. The lowest BCUT2D eigenvalue weighted by Gasteiger charge is -2.07. The molecule has 0 bridgehead atoms. The normalized spacial score (nSPS) is 11.4. The smallest absolute Gasteiger partial charge is 0.330 e. The maximum Gasteiger partial charge on any atom is 0.330 e. The van der Waals surface area contributed by atoms with E-state index < -0.39 is 5.97 Å². The fourth-order valence-corrected chi connectivity index (χ4v) is 3.05. The number of esters is 1. The van der Waals surface area contributed by atoms with Crippen molar-refractivity contribution in [2.24, 2.45) is 0 Å². The summed E-state index contributed by atoms with van der Waals surface area (Å²) in [5.41, 5.74) is 3.71. The maximum atomic E-state index is 11.4. The Morgan fingerprint density at radius 3 is 2.76 bits per heavy atom. The van der Waals surface area contributed by atoms with E-state index in [2.05, 4.69) is 15.9 Å². The lowest BCUT2D eigenvalue weighted by Crippen LogP contribution is -2.02. The van der Waals surface area contributed by atoms with Crippen molar-refractivity contribution in [3.63, 3.8) is 0 Å². The Morgan fingerprint density at radius 1 is 1.24 bits per heavy atom. The predicted molar refractivity (Wildman–Crippen MR) is 101 cm³/mol. The molecule has 1 heterocycles. The molecular formula is C19H16Cl2N2O2. The van der Waals surface area contributed by atoms with Gasteiger partial charge in [-0.2, -0.15) is 5.10 Å². The molecule has 3 aromatic rings. The second kappa shape index (κ2) is 7.30. The third-order valence-corrected chi connectivity index (χ3v) is 4.44. The van der Waals surface area contributed by atoms with Gasteiger partial charge in [0.15, 0.2) is 0 Å². The Labute approximate surface area is 155 Å². The molecule has 25 heavy (non-hydrogen) atoms. The van der Waals surface area contributed by atoms with Crippen molar-refractivity contribution in [2.45, 2.75) is 13.5 Å². The summed E-state index contributed by atoms with van der Waals surface area (Å²) in [7, 11) is 1.34. The summed E-state index contributed by atoms with van der Waals surface area (Å²) in [6.07, 6.45) is 3.02. The van der Waals surface area contributed by atoms with Gasteiger partial charge < -0.3 is 4.74 Å². The first kappa shape index (κ1) is 17.5. The fourth-order valence-electron chi connectivity index (χ4n) is 2.58. The second-order valence-electron chi connectivity index (χ2n) is 5.66. The minimum atomic E-state index is -0.421. The SMILES string of the molecule is COC(=O)C=Cc1nn(Cc2ccc(Cl)cc2Cl)c2cc(C)ccc12. The molecule has 0 aliphatic heterocycles. The Hall–Kier alpha value is -2.30. The molecule has 1 aromatic heterocycles. The van der Waals surface area contributed by atoms with Crippen molar-refractivity contribution in [3.8, 4) is 0 Å². The third-order valence-electron chi connectivity index (χ3n) is 3.85. The van der Waals surface area contributed by atoms with Gasteiger partial charge in [0.05, 0.1) is 24.9 Å². The topological polar surface area (TPSA) is 44.1 Å². The number of benzene rings is 2. The zero-order valence-electron chi connectivity index (χ0n) is 13.8. The van der Waals surface area contributed by atoms with Crippen molar-refractivity contribution < 1.29 is 9.53 Å². The highest BCUT2D eigenvalue weighted by atomic mass is 35.5. The number of aryl methyl sites for hydroxylation is 1. The summed E-state index contributed by atoms with van der Waals surface area (Å²) >= 11 is 12.3. The van der Waals surface area contributed by atoms with Crippen LogP contribution >= 0.6 is 23.2 Å². The van der Waals surface area contributed by atoms with E-state index >= 15 is 0 Å². The number of nitrogens with zero attached hydrogens (tertiary/aromatic N) is 2. The highest BCUT2D eigenvalue weighted by Gasteiger charge is 2.11. The molecule has 128 valence electrons. The Morgan fingerprint density at radius 2 is 2.04 bits per heavy atom. The molecule has 0 atom stereocenters. The van der Waals surface area contributed by atoms with Crippen molar-refractivity contribution >= 4 is 46.2 Å². The van der Waals surface area contributed by atoms with Crippen LogP contribution in [0.1, 0.15) is 16.8 Å². The van der Waals surface area contributed by atoms with E-state index in [4.69, 9.17) is 23.2 Å². The van der Waals surface area contributed by atoms with Crippen LogP contribution in [0, 0.1) is 6.92 Å². The molecule has 0 fully saturated rings. The third kappa shape index (κ3) is 3.86. The number of carbonyl (C=O) groups is 1. The lowest BCUT2D eigenvalue weighted by atomic mass is 10.1. The van der Waals surface area contributed by atoms with Crippen LogP contribution in [0.15, 0.2) is 42.5 Å². The number of aromatic nitrogens is 2. The quantitative estimate of drug-likeness (QED) is 0.482. The zero-order valence-corrected chi connectivity index (χ0v) is 15.3. The fraction of sp³-hybridized carbons (Fsp3) is 0.158. The first-order valence-corrected chi connectivity index (χ1v) is 8.40. The molecule has 0 aliphatic carbocycles. The summed E-state index contributed by atoms with van der Waals surface area (Å²) in [5.74, 6) is -0.421. The summed E-state index contributed by atoms with van der Waals surface area (Å²) in [4.78, 5) is 11.4. The van der Waals surface area contributed by atoms with E-state index in [1.165, 1.54) is 13.2 Å². The Bertz CT molecular complexity index is 977. The van der Waals surface area contributed by atoms with E-state index in [9.17, 15) is 4.79 Å². The standard InChI is InChI=1S/C19H16Cl2N2O2/c1-12-3-6-15-17(7-8-19(24)25-2)22-23(18(15)9-12)11-13-4-5-14(20)10-16(13)21/h3-10H,11H2,1-2H3. The van der Waals surface area contributed by atoms with Crippen LogP contribution in [0.4, 0.5) is 0 Å². The summed E-state index contributed by atoms with van der Waals surface area (Å²) in [6, 6.07) is 11.5. The molecule has 0 saturated carbocycles. The van der Waals surface area contributed by atoms with E-state index in [1.807, 2.05) is 29.8 Å². The zero-order chi connectivity index (χ0) is 18.0. The minimum absolute atomic E-state index is 0.421. The highest BCUT2D eigenvalue weighted by Crippen LogP contribution is 2.25. The van der Waals surface area contributed by atoms with E-state index in [0.29, 0.717) is 22.3 Å². The number of carbonyl (C=O) groups excluding carboxylic acids is 1. The second-order valence-corrected chi connectivity index (χ2v) is 6.50. The number of rotatable bonds is 4. The largest absolute Gasteiger partial charge is 0.466 e. The maximum absolute atomic E-state index is 11.4. The van der Waals surface area contributed by atoms with Gasteiger partial charge >= 0.3 is 5.97 Å².